The fourth-order valence-corrected chi connectivity index (χ4v) is 5.66. The smallest absolute Gasteiger partial charge is 0.427 e. The predicted octanol–water partition coefficient (Wildman–Crippen LogP) is 4.19. The van der Waals surface area contributed by atoms with Crippen LogP contribution in [0.1, 0.15) is 53.5 Å². The van der Waals surface area contributed by atoms with E-state index in [1.54, 1.807) is 13.8 Å². The van der Waals surface area contributed by atoms with E-state index in [0.717, 1.165) is 18.2 Å². The van der Waals surface area contributed by atoms with E-state index in [1.165, 1.54) is 42.9 Å². The monoisotopic (exact) mass is 605 g/mol. The lowest BCUT2D eigenvalue weighted by Gasteiger charge is -2.37. The number of aliphatic carboxylic acids is 1. The summed E-state index contributed by atoms with van der Waals surface area (Å²) in [6.45, 7) is 8.06. The SMILES string of the molecule is CCOc1nn(CC)cc1S(=O)(=O)N1C[C@H](CC(C)(C)C(=O)O)Oc2ccc(CC(=O)OC(C)(C)C(F)(F)F)cc21. The first-order valence-corrected chi connectivity index (χ1v) is 14.3. The molecule has 0 bridgehead atoms. The van der Waals surface area contributed by atoms with E-state index in [9.17, 15) is 36.3 Å². The number of nitrogens with zero attached hydrogens (tertiary/aromatic N) is 3. The van der Waals surface area contributed by atoms with E-state index >= 15 is 0 Å². The average Bonchev–Trinajstić information content (AvgIpc) is 3.26. The molecule has 1 N–H and O–H groups in total. The van der Waals surface area contributed by atoms with Crippen molar-refractivity contribution in [1.29, 1.82) is 0 Å². The van der Waals surface area contributed by atoms with Crippen LogP contribution in [0.3, 0.4) is 0 Å². The van der Waals surface area contributed by atoms with Gasteiger partial charge in [0.1, 0.15) is 11.9 Å². The Morgan fingerprint density at radius 1 is 1.17 bits per heavy atom. The number of fused-ring (bicyclic) bond motifs is 1. The highest BCUT2D eigenvalue weighted by Crippen LogP contribution is 2.41. The van der Waals surface area contributed by atoms with Crippen LogP contribution in [-0.4, -0.2) is 66.3 Å². The largest absolute Gasteiger partial charge is 0.486 e. The van der Waals surface area contributed by atoms with Gasteiger partial charge in [-0.15, -0.1) is 5.10 Å². The van der Waals surface area contributed by atoms with E-state index in [4.69, 9.17) is 9.47 Å². The van der Waals surface area contributed by atoms with Gasteiger partial charge < -0.3 is 19.3 Å². The molecule has 1 atom stereocenters. The van der Waals surface area contributed by atoms with Crippen molar-refractivity contribution in [1.82, 2.24) is 9.78 Å². The lowest BCUT2D eigenvalue weighted by Crippen LogP contribution is -2.46. The second-order valence-corrected chi connectivity index (χ2v) is 12.5. The molecule has 0 fully saturated rings. The van der Waals surface area contributed by atoms with Crippen LogP contribution in [-0.2, 0) is 37.3 Å². The minimum Gasteiger partial charge on any atom is -0.486 e. The molecule has 3 rings (SSSR count). The number of halogens is 3. The van der Waals surface area contributed by atoms with Crippen LogP contribution in [0, 0.1) is 5.41 Å². The fourth-order valence-electron chi connectivity index (χ4n) is 4.08. The highest BCUT2D eigenvalue weighted by molar-refractivity contribution is 7.93. The van der Waals surface area contributed by atoms with E-state index in [-0.39, 0.29) is 47.3 Å². The Kier molecular flexibility index (Phi) is 8.92. The molecule has 11 nitrogen and oxygen atoms in total. The van der Waals surface area contributed by atoms with Crippen LogP contribution >= 0.6 is 0 Å². The Labute approximate surface area is 236 Å². The number of anilines is 1. The van der Waals surface area contributed by atoms with Crippen LogP contribution in [0.5, 0.6) is 11.6 Å². The van der Waals surface area contributed by atoms with Gasteiger partial charge in [0.2, 0.25) is 5.60 Å². The molecule has 0 aliphatic carbocycles. The van der Waals surface area contributed by atoms with Crippen LogP contribution in [0.4, 0.5) is 18.9 Å². The summed E-state index contributed by atoms with van der Waals surface area (Å²) in [6.07, 6.45) is -4.97. The standard InChI is InChI=1S/C26H34F3N3O8S/c1-7-31-15-20(22(30-31)38-8-2)41(36,37)32-14-17(13-24(3,4)23(34)35)39-19-10-9-16(11-18(19)32)12-21(33)40-25(5,6)26(27,28)29/h9-11,15,17H,7-8,12-14H2,1-6H3,(H,34,35)/t17-/m0/s1. The van der Waals surface area contributed by atoms with E-state index in [0.29, 0.717) is 6.54 Å². The number of hydrogen-bond acceptors (Lipinski definition) is 8. The number of carboxylic acids is 1. The molecule has 0 spiro atoms. The molecule has 0 unspecified atom stereocenters. The highest BCUT2D eigenvalue weighted by atomic mass is 32.2. The number of hydrogen-bond donors (Lipinski definition) is 1. The minimum atomic E-state index is -4.79. The van der Waals surface area contributed by atoms with Gasteiger partial charge in [-0.25, -0.2) is 8.42 Å². The minimum absolute atomic E-state index is 0.0152. The number of rotatable bonds is 11. The highest BCUT2D eigenvalue weighted by Gasteiger charge is 2.51. The van der Waals surface area contributed by atoms with Crippen molar-refractivity contribution in [2.45, 2.75) is 83.7 Å². The number of carboxylic acid groups (broad SMARTS) is 1. The van der Waals surface area contributed by atoms with Crippen LogP contribution in [0.2, 0.25) is 0 Å². The van der Waals surface area contributed by atoms with Crippen molar-refractivity contribution in [3.63, 3.8) is 0 Å². The van der Waals surface area contributed by atoms with Crippen molar-refractivity contribution in [3.8, 4) is 11.6 Å². The van der Waals surface area contributed by atoms with E-state index < -0.39 is 51.7 Å². The summed E-state index contributed by atoms with van der Waals surface area (Å²) in [6, 6.07) is 4.10. The Balaban J connectivity index is 2.06. The van der Waals surface area contributed by atoms with Gasteiger partial charge in [0.25, 0.3) is 15.9 Å². The third-order valence-electron chi connectivity index (χ3n) is 6.54. The summed E-state index contributed by atoms with van der Waals surface area (Å²) >= 11 is 0. The number of carbonyl (C=O) groups excluding carboxylic acids is 1. The maximum Gasteiger partial charge on any atom is 0.427 e. The number of sulfonamides is 1. The van der Waals surface area contributed by atoms with Gasteiger partial charge in [0, 0.05) is 19.2 Å². The average molecular weight is 606 g/mol. The Bertz CT molecular complexity index is 1400. The molecule has 41 heavy (non-hydrogen) atoms. The molecule has 15 heteroatoms. The molecule has 1 aromatic carbocycles. The van der Waals surface area contributed by atoms with E-state index in [1.807, 2.05) is 0 Å². The molecule has 0 saturated carbocycles. The normalized spacial score (nSPS) is 16.1. The third kappa shape index (κ3) is 6.88. The number of benzene rings is 1. The van der Waals surface area contributed by atoms with E-state index in [2.05, 4.69) is 9.84 Å². The second-order valence-electron chi connectivity index (χ2n) is 10.7. The summed E-state index contributed by atoms with van der Waals surface area (Å²) in [4.78, 5) is 23.9. The molecule has 228 valence electrons. The molecule has 0 saturated heterocycles. The first-order chi connectivity index (χ1) is 18.8. The molecule has 1 aliphatic heterocycles. The summed E-state index contributed by atoms with van der Waals surface area (Å²) in [5, 5.41) is 13.8. The summed E-state index contributed by atoms with van der Waals surface area (Å²) in [5.41, 5.74) is -3.79. The second kappa shape index (κ2) is 11.4. The van der Waals surface area contributed by atoms with Gasteiger partial charge in [-0.05, 0) is 59.2 Å². The summed E-state index contributed by atoms with van der Waals surface area (Å²) in [5.74, 6) is -2.30. The molecule has 0 amide bonds. The lowest BCUT2D eigenvalue weighted by atomic mass is 9.86. The number of alkyl halides is 3. The molecule has 1 aromatic heterocycles. The number of carbonyl (C=O) groups is 2. The maximum absolute atomic E-state index is 14.1. The first kappa shape index (κ1) is 32.0. The van der Waals surface area contributed by atoms with Gasteiger partial charge in [-0.1, -0.05) is 6.07 Å². The maximum atomic E-state index is 14.1. The van der Waals surface area contributed by atoms with Crippen molar-refractivity contribution < 1.29 is 50.5 Å². The Morgan fingerprint density at radius 2 is 1.83 bits per heavy atom. The first-order valence-electron chi connectivity index (χ1n) is 12.9. The third-order valence-corrected chi connectivity index (χ3v) is 8.30. The fraction of sp³-hybridized carbons (Fsp3) is 0.577. The number of ether oxygens (including phenoxy) is 3. The van der Waals surface area contributed by atoms with Gasteiger partial charge in [-0.2, -0.15) is 13.2 Å². The van der Waals surface area contributed by atoms with Crippen LogP contribution < -0.4 is 13.8 Å². The zero-order valence-electron chi connectivity index (χ0n) is 23.6. The van der Waals surface area contributed by atoms with Gasteiger partial charge in [0.15, 0.2) is 4.90 Å². The quantitative estimate of drug-likeness (QED) is 0.374. The number of esters is 1. The zero-order chi connectivity index (χ0) is 31.0. The van der Waals surface area contributed by atoms with Crippen LogP contribution in [0.15, 0.2) is 29.3 Å². The van der Waals surface area contributed by atoms with Crippen molar-refractivity contribution in [2.75, 3.05) is 17.5 Å². The van der Waals surface area contributed by atoms with Crippen molar-refractivity contribution in [2.24, 2.45) is 5.41 Å². The summed E-state index contributed by atoms with van der Waals surface area (Å²) < 4.78 is 86.2. The molecule has 2 aromatic rings. The van der Waals surface area contributed by atoms with Crippen LogP contribution in [0.25, 0.3) is 0 Å². The molecule has 0 radical (unpaired) electrons. The zero-order valence-corrected chi connectivity index (χ0v) is 24.4. The molecule has 2 heterocycles. The molecular weight excluding hydrogens is 571 g/mol. The topological polar surface area (TPSA) is 137 Å². The van der Waals surface area contributed by atoms with Gasteiger partial charge in [-0.3, -0.25) is 18.6 Å². The molecular formula is C26H34F3N3O8S. The van der Waals surface area contributed by atoms with Gasteiger partial charge >= 0.3 is 18.1 Å². The molecule has 1 aliphatic rings. The predicted molar refractivity (Wildman–Crippen MR) is 140 cm³/mol. The van der Waals surface area contributed by atoms with Crippen molar-refractivity contribution >= 4 is 27.6 Å². The number of aromatic nitrogens is 2. The Hall–Kier alpha value is -3.49. The Morgan fingerprint density at radius 3 is 2.39 bits per heavy atom. The summed E-state index contributed by atoms with van der Waals surface area (Å²) in [7, 11) is -4.39. The van der Waals surface area contributed by atoms with Crippen molar-refractivity contribution in [3.05, 3.63) is 30.0 Å². The number of aryl methyl sites for hydroxylation is 1. The van der Waals surface area contributed by atoms with Gasteiger partial charge in [0.05, 0.1) is 30.7 Å². The lowest BCUT2D eigenvalue weighted by molar-refractivity contribution is -0.257.